The van der Waals surface area contributed by atoms with Crippen LogP contribution in [0.4, 0.5) is 0 Å². The average Bonchev–Trinajstić information content (AvgIpc) is 2.43. The number of benzene rings is 1. The number of rotatable bonds is 4. The molecule has 0 spiro atoms. The van der Waals surface area contributed by atoms with Gasteiger partial charge < -0.3 is 9.84 Å². The van der Waals surface area contributed by atoms with Crippen molar-refractivity contribution in [1.82, 2.24) is 4.90 Å². The topological polar surface area (TPSA) is 49.8 Å². The highest BCUT2D eigenvalue weighted by molar-refractivity contribution is 5.81. The maximum absolute atomic E-state index is 11.8. The monoisotopic (exact) mass is 277 g/mol. The Balaban J connectivity index is 2.23. The van der Waals surface area contributed by atoms with Gasteiger partial charge in [-0.25, -0.2) is 0 Å². The molecular weight excluding hydrogens is 254 g/mol. The van der Waals surface area contributed by atoms with Gasteiger partial charge in [-0.1, -0.05) is 30.3 Å². The summed E-state index contributed by atoms with van der Waals surface area (Å²) in [6.45, 7) is 7.85. The minimum atomic E-state index is -0.896. The summed E-state index contributed by atoms with van der Waals surface area (Å²) in [6.07, 6.45) is 0.153. The third-order valence-corrected chi connectivity index (χ3v) is 4.14. The molecule has 0 saturated carbocycles. The SMILES string of the molecule is CC1CN(CC(C)(C(=O)O)c2ccccc2)C(C)CO1. The molecule has 2 rings (SSSR count). The number of carbonyl (C=O) groups is 1. The molecule has 4 heteroatoms. The van der Waals surface area contributed by atoms with Gasteiger partial charge in [-0.3, -0.25) is 9.69 Å². The van der Waals surface area contributed by atoms with Crippen LogP contribution in [0.15, 0.2) is 30.3 Å². The second-order valence-electron chi connectivity index (χ2n) is 5.93. The molecule has 1 heterocycles. The van der Waals surface area contributed by atoms with Crippen molar-refractivity contribution < 1.29 is 14.6 Å². The van der Waals surface area contributed by atoms with Crippen molar-refractivity contribution in [3.63, 3.8) is 0 Å². The third-order valence-electron chi connectivity index (χ3n) is 4.14. The second-order valence-corrected chi connectivity index (χ2v) is 5.93. The molecule has 1 aliphatic heterocycles. The van der Waals surface area contributed by atoms with Crippen molar-refractivity contribution in [1.29, 1.82) is 0 Å². The molecule has 0 amide bonds. The summed E-state index contributed by atoms with van der Waals surface area (Å²) in [6, 6.07) is 9.72. The maximum Gasteiger partial charge on any atom is 0.315 e. The molecule has 0 aromatic heterocycles. The molecular formula is C16H23NO3. The molecule has 0 aliphatic carbocycles. The van der Waals surface area contributed by atoms with Crippen LogP contribution < -0.4 is 0 Å². The highest BCUT2D eigenvalue weighted by atomic mass is 16.5. The van der Waals surface area contributed by atoms with E-state index in [9.17, 15) is 9.90 Å². The van der Waals surface area contributed by atoms with Crippen LogP contribution in [0.5, 0.6) is 0 Å². The number of ether oxygens (including phenoxy) is 1. The van der Waals surface area contributed by atoms with Gasteiger partial charge in [-0.2, -0.15) is 0 Å². The summed E-state index contributed by atoms with van der Waals surface area (Å²) in [7, 11) is 0. The first-order valence-electron chi connectivity index (χ1n) is 7.08. The lowest BCUT2D eigenvalue weighted by molar-refractivity contribution is -0.145. The lowest BCUT2D eigenvalue weighted by Gasteiger charge is -2.41. The summed E-state index contributed by atoms with van der Waals surface area (Å²) in [4.78, 5) is 14.0. The molecule has 3 unspecified atom stereocenters. The van der Waals surface area contributed by atoms with E-state index in [0.717, 1.165) is 12.1 Å². The van der Waals surface area contributed by atoms with Gasteiger partial charge in [0.2, 0.25) is 0 Å². The predicted molar refractivity (Wildman–Crippen MR) is 77.9 cm³/mol. The number of hydrogen-bond acceptors (Lipinski definition) is 3. The van der Waals surface area contributed by atoms with Gasteiger partial charge in [0, 0.05) is 19.1 Å². The quantitative estimate of drug-likeness (QED) is 0.916. The first kappa shape index (κ1) is 15.0. The summed E-state index contributed by atoms with van der Waals surface area (Å²) >= 11 is 0. The van der Waals surface area contributed by atoms with Crippen molar-refractivity contribution in [3.05, 3.63) is 35.9 Å². The Morgan fingerprint density at radius 3 is 2.65 bits per heavy atom. The van der Waals surface area contributed by atoms with E-state index in [4.69, 9.17) is 4.74 Å². The maximum atomic E-state index is 11.8. The van der Waals surface area contributed by atoms with Gasteiger partial charge in [0.25, 0.3) is 0 Å². The van der Waals surface area contributed by atoms with E-state index in [0.29, 0.717) is 13.2 Å². The molecule has 4 nitrogen and oxygen atoms in total. The van der Waals surface area contributed by atoms with Crippen molar-refractivity contribution in [2.45, 2.75) is 38.3 Å². The van der Waals surface area contributed by atoms with Gasteiger partial charge >= 0.3 is 5.97 Å². The zero-order valence-electron chi connectivity index (χ0n) is 12.4. The molecule has 20 heavy (non-hydrogen) atoms. The van der Waals surface area contributed by atoms with Crippen LogP contribution >= 0.6 is 0 Å². The van der Waals surface area contributed by atoms with Crippen LogP contribution in [0.25, 0.3) is 0 Å². The van der Waals surface area contributed by atoms with Crippen molar-refractivity contribution >= 4 is 5.97 Å². The van der Waals surface area contributed by atoms with E-state index in [1.807, 2.05) is 37.3 Å². The fourth-order valence-electron chi connectivity index (χ4n) is 2.69. The number of hydrogen-bond donors (Lipinski definition) is 1. The predicted octanol–water partition coefficient (Wildman–Crippen LogP) is 2.14. The Kier molecular flexibility index (Phi) is 4.45. The van der Waals surface area contributed by atoms with Gasteiger partial charge in [-0.15, -0.1) is 0 Å². The normalized spacial score (nSPS) is 26.9. The molecule has 1 fully saturated rings. The lowest BCUT2D eigenvalue weighted by Crippen LogP contribution is -2.54. The van der Waals surface area contributed by atoms with E-state index in [1.54, 1.807) is 6.92 Å². The smallest absolute Gasteiger partial charge is 0.315 e. The van der Waals surface area contributed by atoms with Crippen LogP contribution in [0.2, 0.25) is 0 Å². The Morgan fingerprint density at radius 1 is 1.40 bits per heavy atom. The highest BCUT2D eigenvalue weighted by Crippen LogP contribution is 2.27. The largest absolute Gasteiger partial charge is 0.481 e. The summed E-state index contributed by atoms with van der Waals surface area (Å²) in [5, 5.41) is 9.71. The van der Waals surface area contributed by atoms with E-state index in [-0.39, 0.29) is 12.1 Å². The molecule has 1 aliphatic rings. The fraction of sp³-hybridized carbons (Fsp3) is 0.562. The first-order chi connectivity index (χ1) is 9.43. The molecule has 110 valence electrons. The van der Waals surface area contributed by atoms with Crippen LogP contribution in [0, 0.1) is 0 Å². The number of morpholine rings is 1. The molecule has 0 bridgehead atoms. The molecule has 1 aromatic carbocycles. The van der Waals surface area contributed by atoms with Crippen LogP contribution in [-0.4, -0.2) is 47.8 Å². The van der Waals surface area contributed by atoms with E-state index >= 15 is 0 Å². The number of carboxylic acids is 1. The van der Waals surface area contributed by atoms with E-state index in [2.05, 4.69) is 11.8 Å². The number of aliphatic carboxylic acids is 1. The van der Waals surface area contributed by atoms with Crippen LogP contribution in [0.1, 0.15) is 26.3 Å². The van der Waals surface area contributed by atoms with E-state index < -0.39 is 11.4 Å². The zero-order chi connectivity index (χ0) is 14.8. The fourth-order valence-corrected chi connectivity index (χ4v) is 2.69. The van der Waals surface area contributed by atoms with Gasteiger partial charge in [0.15, 0.2) is 0 Å². The standard InChI is InChI=1S/C16H23NO3/c1-12-10-20-13(2)9-17(12)11-16(3,15(18)19)14-7-5-4-6-8-14/h4-8,12-13H,9-11H2,1-3H3,(H,18,19). The minimum absolute atomic E-state index is 0.153. The third kappa shape index (κ3) is 3.02. The van der Waals surface area contributed by atoms with Crippen molar-refractivity contribution in [3.8, 4) is 0 Å². The minimum Gasteiger partial charge on any atom is -0.481 e. The Hall–Kier alpha value is -1.39. The highest BCUT2D eigenvalue weighted by Gasteiger charge is 2.39. The Morgan fingerprint density at radius 2 is 2.05 bits per heavy atom. The van der Waals surface area contributed by atoms with Crippen LogP contribution in [0.3, 0.4) is 0 Å². The molecule has 0 radical (unpaired) electrons. The Bertz CT molecular complexity index is 462. The number of carboxylic acid groups (broad SMARTS) is 1. The first-order valence-corrected chi connectivity index (χ1v) is 7.08. The van der Waals surface area contributed by atoms with Crippen LogP contribution in [-0.2, 0) is 14.9 Å². The molecule has 1 N–H and O–H groups in total. The van der Waals surface area contributed by atoms with Crippen molar-refractivity contribution in [2.24, 2.45) is 0 Å². The number of nitrogens with zero attached hydrogens (tertiary/aromatic N) is 1. The molecule has 3 atom stereocenters. The van der Waals surface area contributed by atoms with E-state index in [1.165, 1.54) is 0 Å². The van der Waals surface area contributed by atoms with Crippen molar-refractivity contribution in [2.75, 3.05) is 19.7 Å². The average molecular weight is 277 g/mol. The lowest BCUT2D eigenvalue weighted by atomic mass is 9.81. The second kappa shape index (κ2) is 5.94. The summed E-state index contributed by atoms with van der Waals surface area (Å²) in [5.74, 6) is -0.782. The Labute approximate surface area is 120 Å². The molecule has 1 aromatic rings. The summed E-state index contributed by atoms with van der Waals surface area (Å²) < 4.78 is 5.61. The summed E-state index contributed by atoms with van der Waals surface area (Å²) in [5.41, 5.74) is -0.0501. The van der Waals surface area contributed by atoms with Gasteiger partial charge in [0.05, 0.1) is 12.7 Å². The zero-order valence-corrected chi connectivity index (χ0v) is 12.4. The van der Waals surface area contributed by atoms with Gasteiger partial charge in [0.1, 0.15) is 5.41 Å². The van der Waals surface area contributed by atoms with Gasteiger partial charge in [-0.05, 0) is 26.3 Å². The molecule has 1 saturated heterocycles.